The van der Waals surface area contributed by atoms with Crippen LogP contribution >= 0.6 is 0 Å². The van der Waals surface area contributed by atoms with Crippen molar-refractivity contribution in [3.63, 3.8) is 0 Å². The van der Waals surface area contributed by atoms with Crippen molar-refractivity contribution in [3.8, 4) is 11.5 Å². The summed E-state index contributed by atoms with van der Waals surface area (Å²) < 4.78 is 28.2. The Balaban J connectivity index is 2.29. The Kier molecular flexibility index (Phi) is 4.20. The second-order valence-electron chi connectivity index (χ2n) is 4.71. The first-order chi connectivity index (χ1) is 9.40. The van der Waals surface area contributed by atoms with Crippen molar-refractivity contribution in [2.45, 2.75) is 24.3 Å². The van der Waals surface area contributed by atoms with Gasteiger partial charge >= 0.3 is 0 Å². The fourth-order valence-electron chi connectivity index (χ4n) is 1.69. The van der Waals surface area contributed by atoms with Gasteiger partial charge in [-0.2, -0.15) is 4.98 Å². The summed E-state index contributed by atoms with van der Waals surface area (Å²) in [6.07, 6.45) is 1.81. The summed E-state index contributed by atoms with van der Waals surface area (Å²) in [6, 6.07) is 6.72. The minimum absolute atomic E-state index is 0.235. The maximum absolute atomic E-state index is 11.5. The average molecular weight is 295 g/mol. The summed E-state index contributed by atoms with van der Waals surface area (Å²) in [5.74, 6) is 0.917. The van der Waals surface area contributed by atoms with Gasteiger partial charge in [-0.1, -0.05) is 11.2 Å². The van der Waals surface area contributed by atoms with E-state index in [0.29, 0.717) is 23.7 Å². The van der Waals surface area contributed by atoms with Crippen molar-refractivity contribution in [1.82, 2.24) is 15.5 Å². The van der Waals surface area contributed by atoms with Gasteiger partial charge in [0.25, 0.3) is 5.89 Å². The number of aromatic nitrogens is 2. The van der Waals surface area contributed by atoms with E-state index in [1.165, 1.54) is 12.3 Å². The Morgan fingerprint density at radius 1 is 1.40 bits per heavy atom. The lowest BCUT2D eigenvalue weighted by Crippen LogP contribution is -2.24. The first kappa shape index (κ1) is 14.7. The standard InChI is InChI=1S/C13H17N3O3S/c1-9(14-2)7-12-15-13(19-16-12)10-5-4-6-11(8-10)20(3,17)18/h4-6,8-9,14H,7H2,1-3H3. The number of hydrogen-bond acceptors (Lipinski definition) is 6. The number of rotatable bonds is 5. The summed E-state index contributed by atoms with van der Waals surface area (Å²) in [5.41, 5.74) is 0.601. The zero-order chi connectivity index (χ0) is 14.8. The largest absolute Gasteiger partial charge is 0.334 e. The SMILES string of the molecule is CNC(C)Cc1noc(-c2cccc(S(C)(=O)=O)c2)n1. The van der Waals surface area contributed by atoms with E-state index in [1.54, 1.807) is 18.2 Å². The van der Waals surface area contributed by atoms with Gasteiger partial charge in [-0.05, 0) is 32.2 Å². The molecule has 1 aromatic heterocycles. The zero-order valence-corrected chi connectivity index (χ0v) is 12.4. The van der Waals surface area contributed by atoms with Crippen LogP contribution in [0.25, 0.3) is 11.5 Å². The molecule has 0 aliphatic heterocycles. The minimum atomic E-state index is -3.25. The third-order valence-corrected chi connectivity index (χ3v) is 4.07. The van der Waals surface area contributed by atoms with Gasteiger partial charge in [0, 0.05) is 24.3 Å². The van der Waals surface area contributed by atoms with Crippen molar-refractivity contribution in [3.05, 3.63) is 30.1 Å². The highest BCUT2D eigenvalue weighted by atomic mass is 32.2. The van der Waals surface area contributed by atoms with Crippen LogP contribution in [0.2, 0.25) is 0 Å². The zero-order valence-electron chi connectivity index (χ0n) is 11.6. The van der Waals surface area contributed by atoms with Gasteiger partial charge in [0.1, 0.15) is 0 Å². The molecule has 0 aliphatic rings. The van der Waals surface area contributed by atoms with Crippen LogP contribution in [0.15, 0.2) is 33.7 Å². The van der Waals surface area contributed by atoms with Crippen molar-refractivity contribution in [1.29, 1.82) is 0 Å². The molecule has 0 saturated heterocycles. The van der Waals surface area contributed by atoms with Crippen LogP contribution in [0, 0.1) is 0 Å². The number of sulfone groups is 1. The Morgan fingerprint density at radius 3 is 2.80 bits per heavy atom. The van der Waals surface area contributed by atoms with Gasteiger partial charge in [-0.15, -0.1) is 0 Å². The Labute approximate surface area is 118 Å². The number of hydrogen-bond donors (Lipinski definition) is 1. The first-order valence-corrected chi connectivity index (χ1v) is 8.09. The fourth-order valence-corrected chi connectivity index (χ4v) is 2.36. The highest BCUT2D eigenvalue weighted by molar-refractivity contribution is 7.90. The number of likely N-dealkylation sites (N-methyl/N-ethyl adjacent to an activating group) is 1. The molecule has 0 saturated carbocycles. The molecular weight excluding hydrogens is 278 g/mol. The fraction of sp³-hybridized carbons (Fsp3) is 0.385. The molecule has 1 aromatic carbocycles. The predicted molar refractivity (Wildman–Crippen MR) is 75.1 cm³/mol. The lowest BCUT2D eigenvalue weighted by molar-refractivity contribution is 0.418. The smallest absolute Gasteiger partial charge is 0.257 e. The Bertz CT molecular complexity index is 694. The molecule has 2 aromatic rings. The summed E-state index contributed by atoms with van der Waals surface area (Å²) in [4.78, 5) is 4.51. The second kappa shape index (κ2) is 5.72. The van der Waals surface area contributed by atoms with Gasteiger partial charge in [0.05, 0.1) is 4.90 Å². The first-order valence-electron chi connectivity index (χ1n) is 6.20. The van der Waals surface area contributed by atoms with E-state index < -0.39 is 9.84 Å². The molecule has 1 heterocycles. The molecule has 20 heavy (non-hydrogen) atoms. The molecule has 2 rings (SSSR count). The van der Waals surface area contributed by atoms with E-state index in [2.05, 4.69) is 15.5 Å². The summed E-state index contributed by atoms with van der Waals surface area (Å²) in [7, 11) is -1.39. The highest BCUT2D eigenvalue weighted by Crippen LogP contribution is 2.21. The normalized spacial score (nSPS) is 13.3. The van der Waals surface area contributed by atoms with Crippen LogP contribution < -0.4 is 5.32 Å². The Morgan fingerprint density at radius 2 is 2.15 bits per heavy atom. The van der Waals surface area contributed by atoms with Gasteiger partial charge in [-0.25, -0.2) is 8.42 Å². The molecule has 7 heteroatoms. The van der Waals surface area contributed by atoms with Gasteiger partial charge in [0.15, 0.2) is 15.7 Å². The second-order valence-corrected chi connectivity index (χ2v) is 6.73. The molecule has 6 nitrogen and oxygen atoms in total. The average Bonchev–Trinajstić information content (AvgIpc) is 2.86. The van der Waals surface area contributed by atoms with Gasteiger partial charge < -0.3 is 9.84 Å². The van der Waals surface area contributed by atoms with E-state index in [9.17, 15) is 8.42 Å². The molecule has 108 valence electrons. The topological polar surface area (TPSA) is 85.1 Å². The van der Waals surface area contributed by atoms with Gasteiger partial charge in [-0.3, -0.25) is 0 Å². The van der Waals surface area contributed by atoms with Crippen LogP contribution in [-0.2, 0) is 16.3 Å². The van der Waals surface area contributed by atoms with Crippen molar-refractivity contribution < 1.29 is 12.9 Å². The van der Waals surface area contributed by atoms with Crippen LogP contribution in [0.1, 0.15) is 12.7 Å². The van der Waals surface area contributed by atoms with Crippen molar-refractivity contribution in [2.24, 2.45) is 0 Å². The monoisotopic (exact) mass is 295 g/mol. The molecule has 1 N–H and O–H groups in total. The van der Waals surface area contributed by atoms with E-state index in [-0.39, 0.29) is 10.9 Å². The molecule has 0 fully saturated rings. The molecule has 0 amide bonds. The maximum Gasteiger partial charge on any atom is 0.257 e. The van der Waals surface area contributed by atoms with E-state index in [0.717, 1.165) is 0 Å². The van der Waals surface area contributed by atoms with Gasteiger partial charge in [0.2, 0.25) is 0 Å². The summed E-state index contributed by atoms with van der Waals surface area (Å²) >= 11 is 0. The highest BCUT2D eigenvalue weighted by Gasteiger charge is 2.13. The molecule has 0 bridgehead atoms. The Hall–Kier alpha value is -1.73. The van der Waals surface area contributed by atoms with Crippen molar-refractivity contribution in [2.75, 3.05) is 13.3 Å². The lowest BCUT2D eigenvalue weighted by atomic mass is 10.2. The number of nitrogens with zero attached hydrogens (tertiary/aromatic N) is 2. The predicted octanol–water partition coefficient (Wildman–Crippen LogP) is 1.29. The van der Waals surface area contributed by atoms with Crippen LogP contribution in [-0.4, -0.2) is 37.9 Å². The van der Waals surface area contributed by atoms with Crippen molar-refractivity contribution >= 4 is 9.84 Å². The molecular formula is C13H17N3O3S. The maximum atomic E-state index is 11.5. The molecule has 1 unspecified atom stereocenters. The summed E-state index contributed by atoms with van der Waals surface area (Å²) in [6.45, 7) is 2.01. The third-order valence-electron chi connectivity index (χ3n) is 2.96. The third kappa shape index (κ3) is 3.43. The molecule has 0 radical (unpaired) electrons. The van der Waals surface area contributed by atoms with Crippen LogP contribution in [0.4, 0.5) is 0 Å². The van der Waals surface area contributed by atoms with Crippen LogP contribution in [0.5, 0.6) is 0 Å². The van der Waals surface area contributed by atoms with E-state index in [4.69, 9.17) is 4.52 Å². The quantitative estimate of drug-likeness (QED) is 0.894. The van der Waals surface area contributed by atoms with Crippen LogP contribution in [0.3, 0.4) is 0 Å². The molecule has 0 spiro atoms. The van der Waals surface area contributed by atoms with E-state index >= 15 is 0 Å². The van der Waals surface area contributed by atoms with E-state index in [1.807, 2.05) is 14.0 Å². The molecule has 1 atom stereocenters. The lowest BCUT2D eigenvalue weighted by Gasteiger charge is -2.04. The number of benzene rings is 1. The summed E-state index contributed by atoms with van der Waals surface area (Å²) in [5, 5.41) is 6.99. The molecule has 0 aliphatic carbocycles. The minimum Gasteiger partial charge on any atom is -0.334 e. The number of nitrogens with one attached hydrogen (secondary N) is 1.